The Bertz CT molecular complexity index is 636. The van der Waals surface area contributed by atoms with Crippen molar-refractivity contribution in [2.45, 2.75) is 25.8 Å². The number of nitrogens with zero attached hydrogens (tertiary/aromatic N) is 1. The molecule has 0 saturated carbocycles. The van der Waals surface area contributed by atoms with E-state index in [9.17, 15) is 14.9 Å². The van der Waals surface area contributed by atoms with Gasteiger partial charge in [-0.3, -0.25) is 10.1 Å². The van der Waals surface area contributed by atoms with Crippen molar-refractivity contribution >= 4 is 11.7 Å². The van der Waals surface area contributed by atoms with Gasteiger partial charge in [0.25, 0.3) is 5.70 Å². The summed E-state index contributed by atoms with van der Waals surface area (Å²) in [6.07, 6.45) is 1.32. The Morgan fingerprint density at radius 3 is 2.79 bits per heavy atom. The SMILES string of the molecule is CCOC(=O)C(Nc1ccccc1OC)/C(=C1/CCCN1)[N+](=O)[O-]. The molecule has 2 N–H and O–H groups in total. The third kappa shape index (κ3) is 3.95. The zero-order valence-corrected chi connectivity index (χ0v) is 13.7. The molecule has 130 valence electrons. The van der Waals surface area contributed by atoms with Crippen molar-refractivity contribution in [2.75, 3.05) is 25.6 Å². The van der Waals surface area contributed by atoms with E-state index in [-0.39, 0.29) is 12.3 Å². The van der Waals surface area contributed by atoms with Crippen molar-refractivity contribution < 1.29 is 19.2 Å². The van der Waals surface area contributed by atoms with Crippen LogP contribution in [0, 0.1) is 10.1 Å². The van der Waals surface area contributed by atoms with Gasteiger partial charge in [-0.2, -0.15) is 0 Å². The van der Waals surface area contributed by atoms with E-state index in [1.165, 1.54) is 7.11 Å². The fourth-order valence-corrected chi connectivity index (χ4v) is 2.59. The van der Waals surface area contributed by atoms with Gasteiger partial charge >= 0.3 is 5.97 Å². The summed E-state index contributed by atoms with van der Waals surface area (Å²) >= 11 is 0. The number of ether oxygens (including phenoxy) is 2. The van der Waals surface area contributed by atoms with E-state index in [2.05, 4.69) is 10.6 Å². The number of rotatable bonds is 7. The molecule has 8 nitrogen and oxygen atoms in total. The maximum Gasteiger partial charge on any atom is 0.340 e. The van der Waals surface area contributed by atoms with E-state index in [1.807, 2.05) is 0 Å². The van der Waals surface area contributed by atoms with Gasteiger partial charge in [-0.05, 0) is 31.9 Å². The molecule has 1 saturated heterocycles. The molecule has 0 bridgehead atoms. The van der Waals surface area contributed by atoms with Crippen LogP contribution in [-0.2, 0) is 9.53 Å². The fraction of sp³-hybridized carbons (Fsp3) is 0.438. The summed E-state index contributed by atoms with van der Waals surface area (Å²) in [5.74, 6) is -0.213. The number of benzene rings is 1. The summed E-state index contributed by atoms with van der Waals surface area (Å²) < 4.78 is 10.3. The normalized spacial score (nSPS) is 16.8. The quantitative estimate of drug-likeness (QED) is 0.446. The van der Waals surface area contributed by atoms with Crippen LogP contribution in [-0.4, -0.2) is 37.2 Å². The minimum absolute atomic E-state index is 0.136. The molecule has 0 amide bonds. The summed E-state index contributed by atoms with van der Waals surface area (Å²) in [6.45, 7) is 2.44. The first-order valence-electron chi connectivity index (χ1n) is 7.76. The predicted molar refractivity (Wildman–Crippen MR) is 88.3 cm³/mol. The number of methoxy groups -OCH3 is 1. The molecular formula is C16H21N3O5. The van der Waals surface area contributed by atoms with Crippen LogP contribution in [0.4, 0.5) is 5.69 Å². The molecular weight excluding hydrogens is 314 g/mol. The summed E-state index contributed by atoms with van der Waals surface area (Å²) in [5, 5.41) is 17.5. The maximum atomic E-state index is 12.4. The highest BCUT2D eigenvalue weighted by Gasteiger charge is 2.37. The number of allylic oxidation sites excluding steroid dienone is 1. The Kier molecular flexibility index (Phi) is 6.00. The van der Waals surface area contributed by atoms with Gasteiger partial charge in [0, 0.05) is 6.54 Å². The Balaban J connectivity index is 2.42. The van der Waals surface area contributed by atoms with Crippen molar-refractivity contribution in [3.63, 3.8) is 0 Å². The van der Waals surface area contributed by atoms with Gasteiger partial charge < -0.3 is 20.1 Å². The van der Waals surface area contributed by atoms with Gasteiger partial charge in [0.2, 0.25) is 6.04 Å². The van der Waals surface area contributed by atoms with Crippen molar-refractivity contribution in [3.8, 4) is 5.75 Å². The molecule has 0 spiro atoms. The van der Waals surface area contributed by atoms with Crippen LogP contribution < -0.4 is 15.4 Å². The molecule has 8 heteroatoms. The molecule has 0 aromatic heterocycles. The van der Waals surface area contributed by atoms with Crippen LogP contribution >= 0.6 is 0 Å². The lowest BCUT2D eigenvalue weighted by Gasteiger charge is -2.19. The Morgan fingerprint density at radius 1 is 1.46 bits per heavy atom. The molecule has 1 aromatic carbocycles. The second kappa shape index (κ2) is 8.19. The first kappa shape index (κ1) is 17.6. The van der Waals surface area contributed by atoms with Gasteiger partial charge in [-0.25, -0.2) is 4.79 Å². The highest BCUT2D eigenvalue weighted by molar-refractivity contribution is 5.83. The number of carbonyl (C=O) groups is 1. The summed E-state index contributed by atoms with van der Waals surface area (Å²) in [4.78, 5) is 23.4. The Morgan fingerprint density at radius 2 is 2.21 bits per heavy atom. The van der Waals surface area contributed by atoms with E-state index in [4.69, 9.17) is 9.47 Å². The lowest BCUT2D eigenvalue weighted by molar-refractivity contribution is -0.429. The van der Waals surface area contributed by atoms with Crippen molar-refractivity contribution in [1.82, 2.24) is 5.32 Å². The summed E-state index contributed by atoms with van der Waals surface area (Å²) in [6, 6.07) is 5.69. The largest absolute Gasteiger partial charge is 0.495 e. The van der Waals surface area contributed by atoms with E-state index < -0.39 is 16.9 Å². The van der Waals surface area contributed by atoms with Crippen LogP contribution in [0.5, 0.6) is 5.75 Å². The topological polar surface area (TPSA) is 103 Å². The van der Waals surface area contributed by atoms with Crippen molar-refractivity contribution in [2.24, 2.45) is 0 Å². The molecule has 24 heavy (non-hydrogen) atoms. The van der Waals surface area contributed by atoms with Crippen LogP contribution in [0.2, 0.25) is 0 Å². The van der Waals surface area contributed by atoms with Gasteiger partial charge in [0.1, 0.15) is 5.75 Å². The number of nitrogens with one attached hydrogen (secondary N) is 2. The maximum absolute atomic E-state index is 12.4. The standard InChI is InChI=1S/C16H21N3O5/c1-3-24-16(20)14(15(19(21)22)12-8-6-10-17-12)18-11-7-4-5-9-13(11)23-2/h4-5,7,9,14,17-18H,3,6,8,10H2,1-2H3/b15-12+. The van der Waals surface area contributed by atoms with E-state index in [1.54, 1.807) is 31.2 Å². The molecule has 1 aliphatic rings. The minimum Gasteiger partial charge on any atom is -0.495 e. The zero-order valence-electron chi connectivity index (χ0n) is 13.7. The number of hydrogen-bond donors (Lipinski definition) is 2. The van der Waals surface area contributed by atoms with Crippen LogP contribution in [0.15, 0.2) is 35.7 Å². The third-order valence-electron chi connectivity index (χ3n) is 3.65. The molecule has 1 heterocycles. The van der Waals surface area contributed by atoms with E-state index in [0.29, 0.717) is 30.1 Å². The Hall–Kier alpha value is -2.77. The second-order valence-corrected chi connectivity index (χ2v) is 5.18. The molecule has 0 radical (unpaired) electrons. The smallest absolute Gasteiger partial charge is 0.340 e. The summed E-state index contributed by atoms with van der Waals surface area (Å²) in [5.41, 5.74) is 0.730. The monoisotopic (exact) mass is 335 g/mol. The van der Waals surface area contributed by atoms with E-state index >= 15 is 0 Å². The lowest BCUT2D eigenvalue weighted by atomic mass is 10.1. The summed E-state index contributed by atoms with van der Waals surface area (Å²) in [7, 11) is 1.49. The lowest BCUT2D eigenvalue weighted by Crippen LogP contribution is -2.38. The first-order chi connectivity index (χ1) is 11.6. The molecule has 1 fully saturated rings. The molecule has 2 rings (SSSR count). The molecule has 0 aliphatic carbocycles. The first-order valence-corrected chi connectivity index (χ1v) is 7.76. The average Bonchev–Trinajstić information content (AvgIpc) is 3.08. The van der Waals surface area contributed by atoms with E-state index in [0.717, 1.165) is 6.42 Å². The fourth-order valence-electron chi connectivity index (χ4n) is 2.59. The minimum atomic E-state index is -1.23. The highest BCUT2D eigenvalue weighted by Crippen LogP contribution is 2.27. The number of carbonyl (C=O) groups excluding carboxylic acids is 1. The molecule has 1 aliphatic heterocycles. The number of hydrogen-bond acceptors (Lipinski definition) is 7. The molecule has 1 atom stereocenters. The van der Waals surface area contributed by atoms with Crippen molar-refractivity contribution in [3.05, 3.63) is 45.8 Å². The van der Waals surface area contributed by atoms with Gasteiger partial charge in [0.15, 0.2) is 0 Å². The molecule has 1 unspecified atom stereocenters. The number of anilines is 1. The van der Waals surface area contributed by atoms with Gasteiger partial charge in [-0.15, -0.1) is 0 Å². The average molecular weight is 335 g/mol. The Labute approximate surface area is 140 Å². The number of para-hydroxylation sites is 2. The van der Waals surface area contributed by atoms with Crippen molar-refractivity contribution in [1.29, 1.82) is 0 Å². The van der Waals surface area contributed by atoms with Crippen LogP contribution in [0.25, 0.3) is 0 Å². The second-order valence-electron chi connectivity index (χ2n) is 5.18. The third-order valence-corrected chi connectivity index (χ3v) is 3.65. The van der Waals surface area contributed by atoms with Crippen LogP contribution in [0.1, 0.15) is 19.8 Å². The predicted octanol–water partition coefficient (Wildman–Crippen LogP) is 1.91. The van der Waals surface area contributed by atoms with Gasteiger partial charge in [0.05, 0.1) is 30.0 Å². The van der Waals surface area contributed by atoms with Crippen LogP contribution in [0.3, 0.4) is 0 Å². The zero-order chi connectivity index (χ0) is 17.5. The number of esters is 1. The highest BCUT2D eigenvalue weighted by atomic mass is 16.6. The number of nitro groups is 1. The van der Waals surface area contributed by atoms with Gasteiger partial charge in [-0.1, -0.05) is 12.1 Å². The molecule has 1 aromatic rings.